The van der Waals surface area contributed by atoms with Crippen molar-refractivity contribution in [3.8, 4) is 0 Å². The molecule has 1 amide bonds. The molecule has 160 valence electrons. The number of carbonyl (C=O) groups is 1. The molecule has 0 saturated carbocycles. The van der Waals surface area contributed by atoms with E-state index in [1.807, 2.05) is 17.8 Å². The second kappa shape index (κ2) is 9.29. The second-order valence-corrected chi connectivity index (χ2v) is 9.76. The summed E-state index contributed by atoms with van der Waals surface area (Å²) in [7, 11) is 0. The normalized spacial score (nSPS) is 16.2. The Bertz CT molecular complexity index is 970. The maximum atomic E-state index is 12.8. The van der Waals surface area contributed by atoms with Crippen LogP contribution in [0.1, 0.15) is 51.4 Å². The number of amides is 1. The summed E-state index contributed by atoms with van der Waals surface area (Å²) in [5.74, 6) is 3.51. The van der Waals surface area contributed by atoms with E-state index < -0.39 is 0 Å². The molecule has 0 bridgehead atoms. The summed E-state index contributed by atoms with van der Waals surface area (Å²) in [5.41, 5.74) is 2.18. The van der Waals surface area contributed by atoms with Gasteiger partial charge in [-0.2, -0.15) is 11.8 Å². The monoisotopic (exact) mass is 424 g/mol. The number of nitrogens with one attached hydrogen (secondary N) is 1. The fraction of sp³-hybridized carbons (Fsp3) is 0.500. The summed E-state index contributed by atoms with van der Waals surface area (Å²) >= 11 is 1.99. The number of hydrogen-bond donors (Lipinski definition) is 1. The zero-order valence-electron chi connectivity index (χ0n) is 18.0. The summed E-state index contributed by atoms with van der Waals surface area (Å²) < 4.78 is 4.58. The molecule has 0 unspecified atom stereocenters. The lowest BCUT2D eigenvalue weighted by Gasteiger charge is -2.38. The maximum Gasteiger partial charge on any atom is 0.222 e. The predicted octanol–water partition coefficient (Wildman–Crippen LogP) is 4.78. The first-order chi connectivity index (χ1) is 14.6. The fourth-order valence-electron chi connectivity index (χ4n) is 4.61. The Labute approximate surface area is 183 Å². The number of aromatic nitrogens is 3. The van der Waals surface area contributed by atoms with Gasteiger partial charge in [-0.15, -0.1) is 0 Å². The number of hydrogen-bond acceptors (Lipinski definition) is 3. The molecule has 1 aliphatic rings. The molecule has 3 heterocycles. The average Bonchev–Trinajstić information content (AvgIpc) is 3.40. The van der Waals surface area contributed by atoms with E-state index in [2.05, 4.69) is 71.0 Å². The quantitative estimate of drug-likeness (QED) is 0.530. The predicted molar refractivity (Wildman–Crippen MR) is 125 cm³/mol. The number of nitrogens with zero attached hydrogens (tertiary/aromatic N) is 3. The van der Waals surface area contributed by atoms with E-state index in [1.54, 1.807) is 0 Å². The van der Waals surface area contributed by atoms with Gasteiger partial charge in [0, 0.05) is 31.4 Å². The van der Waals surface area contributed by atoms with Crippen LogP contribution in [-0.2, 0) is 16.8 Å². The molecule has 1 N–H and O–H groups in total. The third kappa shape index (κ3) is 4.43. The summed E-state index contributed by atoms with van der Waals surface area (Å²) in [5, 5.41) is 3.17. The first-order valence-electron chi connectivity index (χ1n) is 11.0. The van der Waals surface area contributed by atoms with Crippen molar-refractivity contribution in [2.45, 2.75) is 57.5 Å². The second-order valence-electron chi connectivity index (χ2n) is 8.54. The van der Waals surface area contributed by atoms with E-state index in [-0.39, 0.29) is 11.4 Å². The highest BCUT2D eigenvalue weighted by Crippen LogP contribution is 2.36. The maximum absolute atomic E-state index is 12.8. The third-order valence-corrected chi connectivity index (χ3v) is 7.14. The molecule has 3 aromatic rings. The van der Waals surface area contributed by atoms with Gasteiger partial charge in [0.05, 0.1) is 23.0 Å². The number of carbonyl (C=O) groups excluding carboxylic acids is 1. The van der Waals surface area contributed by atoms with Crippen molar-refractivity contribution >= 4 is 28.7 Å². The van der Waals surface area contributed by atoms with E-state index in [4.69, 9.17) is 4.98 Å². The number of thioether (sulfide) groups is 1. The molecule has 1 fully saturated rings. The molecule has 4 rings (SSSR count). The lowest BCUT2D eigenvalue weighted by atomic mass is 9.87. The fourth-order valence-corrected chi connectivity index (χ4v) is 5.86. The Morgan fingerprint density at radius 1 is 1.17 bits per heavy atom. The van der Waals surface area contributed by atoms with Gasteiger partial charge in [0.2, 0.25) is 5.91 Å². The number of benzene rings is 1. The first-order valence-corrected chi connectivity index (χ1v) is 12.2. The molecule has 2 aromatic heterocycles. The summed E-state index contributed by atoms with van der Waals surface area (Å²) in [4.78, 5) is 17.6. The topological polar surface area (TPSA) is 51.9 Å². The molecule has 0 atom stereocenters. The van der Waals surface area contributed by atoms with Crippen LogP contribution in [0.15, 0.2) is 48.8 Å². The zero-order valence-corrected chi connectivity index (χ0v) is 18.8. The molecule has 6 heteroatoms. The summed E-state index contributed by atoms with van der Waals surface area (Å²) in [6.45, 7) is 5.09. The van der Waals surface area contributed by atoms with Crippen molar-refractivity contribution in [1.29, 1.82) is 0 Å². The number of aryl methyl sites for hydroxylation is 1. The highest BCUT2D eigenvalue weighted by atomic mass is 32.2. The van der Waals surface area contributed by atoms with Gasteiger partial charge in [0.25, 0.3) is 0 Å². The molecule has 1 saturated heterocycles. The Hall–Kier alpha value is -2.21. The van der Waals surface area contributed by atoms with Crippen molar-refractivity contribution in [1.82, 2.24) is 19.4 Å². The smallest absolute Gasteiger partial charge is 0.222 e. The minimum absolute atomic E-state index is 0.0650. The van der Waals surface area contributed by atoms with Gasteiger partial charge in [0.1, 0.15) is 5.82 Å². The zero-order chi connectivity index (χ0) is 21.0. The lowest BCUT2D eigenvalue weighted by Crippen LogP contribution is -2.42. The number of rotatable bonds is 8. The van der Waals surface area contributed by atoms with Crippen molar-refractivity contribution in [3.63, 3.8) is 0 Å². The molecule has 1 aromatic carbocycles. The van der Waals surface area contributed by atoms with Gasteiger partial charge in [-0.1, -0.05) is 12.1 Å². The van der Waals surface area contributed by atoms with Crippen LogP contribution in [0.5, 0.6) is 0 Å². The van der Waals surface area contributed by atoms with E-state index >= 15 is 0 Å². The molecular formula is C24H32N4OS. The largest absolute Gasteiger partial charge is 0.356 e. The first kappa shape index (κ1) is 21.0. The molecule has 30 heavy (non-hydrogen) atoms. The minimum atomic E-state index is -0.0650. The van der Waals surface area contributed by atoms with Crippen LogP contribution in [0.25, 0.3) is 11.0 Å². The van der Waals surface area contributed by atoms with E-state index in [1.165, 1.54) is 5.52 Å². The van der Waals surface area contributed by atoms with Crippen LogP contribution in [-0.4, -0.2) is 38.1 Å². The summed E-state index contributed by atoms with van der Waals surface area (Å²) in [6.07, 6.45) is 8.66. The van der Waals surface area contributed by atoms with Gasteiger partial charge in [-0.05, 0) is 68.9 Å². The Balaban J connectivity index is 1.34. The molecular weight excluding hydrogens is 392 g/mol. The van der Waals surface area contributed by atoms with Gasteiger partial charge in [-0.25, -0.2) is 4.98 Å². The summed E-state index contributed by atoms with van der Waals surface area (Å²) in [6, 6.07) is 12.8. The highest BCUT2D eigenvalue weighted by molar-refractivity contribution is 7.99. The van der Waals surface area contributed by atoms with Gasteiger partial charge >= 0.3 is 0 Å². The van der Waals surface area contributed by atoms with Crippen molar-refractivity contribution in [2.24, 2.45) is 0 Å². The SMILES string of the molecule is CC(C)n1c(CCCNC(=O)CC2(n3cccc3)CCSCC2)nc2ccccc21. The van der Waals surface area contributed by atoms with Crippen LogP contribution in [0, 0.1) is 0 Å². The van der Waals surface area contributed by atoms with Crippen LogP contribution in [0.3, 0.4) is 0 Å². The number of fused-ring (bicyclic) bond motifs is 1. The van der Waals surface area contributed by atoms with Crippen LogP contribution >= 0.6 is 11.8 Å². The Morgan fingerprint density at radius 3 is 2.63 bits per heavy atom. The highest BCUT2D eigenvalue weighted by Gasteiger charge is 2.35. The van der Waals surface area contributed by atoms with Crippen molar-refractivity contribution < 1.29 is 4.79 Å². The standard InChI is InChI=1S/C24H32N4OS/c1-19(2)28-21-9-4-3-8-20(21)26-22(28)10-7-13-25-23(29)18-24(11-16-30-17-12-24)27-14-5-6-15-27/h3-6,8-9,14-15,19H,7,10-13,16-18H2,1-2H3,(H,25,29). The molecule has 5 nitrogen and oxygen atoms in total. The number of para-hydroxylation sites is 2. The van der Waals surface area contributed by atoms with E-state index in [0.717, 1.165) is 48.5 Å². The Morgan fingerprint density at radius 2 is 1.90 bits per heavy atom. The number of imidazole rings is 1. The van der Waals surface area contributed by atoms with Crippen LogP contribution < -0.4 is 5.32 Å². The van der Waals surface area contributed by atoms with Crippen LogP contribution in [0.4, 0.5) is 0 Å². The molecule has 0 spiro atoms. The molecule has 0 radical (unpaired) electrons. The van der Waals surface area contributed by atoms with Crippen LogP contribution in [0.2, 0.25) is 0 Å². The van der Waals surface area contributed by atoms with E-state index in [9.17, 15) is 4.79 Å². The lowest BCUT2D eigenvalue weighted by molar-refractivity contribution is -0.123. The average molecular weight is 425 g/mol. The van der Waals surface area contributed by atoms with Gasteiger partial charge in [0.15, 0.2) is 0 Å². The molecule has 1 aliphatic heterocycles. The minimum Gasteiger partial charge on any atom is -0.356 e. The third-order valence-electron chi connectivity index (χ3n) is 6.15. The van der Waals surface area contributed by atoms with Gasteiger partial charge < -0.3 is 14.5 Å². The Kier molecular flexibility index (Phi) is 6.52. The molecule has 0 aliphatic carbocycles. The van der Waals surface area contributed by atoms with Crippen molar-refractivity contribution in [3.05, 3.63) is 54.6 Å². The van der Waals surface area contributed by atoms with E-state index in [0.29, 0.717) is 19.0 Å². The van der Waals surface area contributed by atoms with Gasteiger partial charge in [-0.3, -0.25) is 4.79 Å². The van der Waals surface area contributed by atoms with Crippen molar-refractivity contribution in [2.75, 3.05) is 18.1 Å².